The second-order valence-electron chi connectivity index (χ2n) is 6.09. The predicted molar refractivity (Wildman–Crippen MR) is 92.9 cm³/mol. The summed E-state index contributed by atoms with van der Waals surface area (Å²) in [7, 11) is -3.21. The molecule has 0 spiro atoms. The molecule has 2 rings (SSSR count). The molecule has 0 aromatic heterocycles. The van der Waals surface area contributed by atoms with E-state index in [0.29, 0.717) is 19.5 Å². The molecule has 0 unspecified atom stereocenters. The monoisotopic (exact) mass is 340 g/mol. The van der Waals surface area contributed by atoms with Crippen LogP contribution in [0.3, 0.4) is 0 Å². The lowest BCUT2D eigenvalue weighted by Gasteiger charge is -2.29. The number of sulfonamides is 1. The molecule has 0 atom stereocenters. The van der Waals surface area contributed by atoms with Gasteiger partial charge in [-0.2, -0.15) is 4.31 Å². The van der Waals surface area contributed by atoms with Crippen LogP contribution in [-0.2, 0) is 21.3 Å². The van der Waals surface area contributed by atoms with E-state index in [0.717, 1.165) is 44.0 Å². The van der Waals surface area contributed by atoms with Crippen molar-refractivity contribution in [1.29, 1.82) is 0 Å². The Morgan fingerprint density at radius 1 is 1.26 bits per heavy atom. The molecule has 1 aliphatic heterocycles. The van der Waals surface area contributed by atoms with E-state index in [2.05, 4.69) is 11.0 Å². The summed E-state index contributed by atoms with van der Waals surface area (Å²) >= 11 is 0. The van der Waals surface area contributed by atoms with Crippen LogP contribution in [0.25, 0.3) is 0 Å². The number of ether oxygens (including phenoxy) is 1. The van der Waals surface area contributed by atoms with Crippen molar-refractivity contribution >= 4 is 10.0 Å². The van der Waals surface area contributed by atoms with Gasteiger partial charge in [0.1, 0.15) is 0 Å². The average Bonchev–Trinajstić information content (AvgIpc) is 2.52. The van der Waals surface area contributed by atoms with Gasteiger partial charge in [0.2, 0.25) is 10.0 Å². The number of rotatable bonds is 8. The van der Waals surface area contributed by atoms with E-state index in [4.69, 9.17) is 4.74 Å². The Hall–Kier alpha value is -0.950. The second-order valence-corrected chi connectivity index (χ2v) is 8.18. The van der Waals surface area contributed by atoms with Crippen molar-refractivity contribution < 1.29 is 13.2 Å². The zero-order valence-corrected chi connectivity index (χ0v) is 15.0. The van der Waals surface area contributed by atoms with E-state index < -0.39 is 10.0 Å². The standard InChI is InChI=1S/C17H28N2O3S/c1-3-13-23(20,21)19(8-7-18-9-11-22-12-10-18)15-17-6-4-5-16(2)14-17/h4-6,14H,3,7-13,15H2,1-2H3. The highest BCUT2D eigenvalue weighted by Gasteiger charge is 2.22. The number of benzene rings is 1. The van der Waals surface area contributed by atoms with E-state index in [1.807, 2.05) is 32.0 Å². The van der Waals surface area contributed by atoms with Crippen LogP contribution in [0.2, 0.25) is 0 Å². The van der Waals surface area contributed by atoms with Crippen molar-refractivity contribution in [3.05, 3.63) is 35.4 Å². The minimum atomic E-state index is -3.21. The molecule has 0 bridgehead atoms. The van der Waals surface area contributed by atoms with Gasteiger partial charge < -0.3 is 4.74 Å². The fraction of sp³-hybridized carbons (Fsp3) is 0.647. The minimum absolute atomic E-state index is 0.210. The first-order chi connectivity index (χ1) is 11.0. The Morgan fingerprint density at radius 3 is 2.65 bits per heavy atom. The molecule has 1 saturated heterocycles. The van der Waals surface area contributed by atoms with E-state index in [1.54, 1.807) is 4.31 Å². The fourth-order valence-corrected chi connectivity index (χ4v) is 4.28. The first kappa shape index (κ1) is 18.4. The van der Waals surface area contributed by atoms with Crippen LogP contribution < -0.4 is 0 Å². The summed E-state index contributed by atoms with van der Waals surface area (Å²) in [6.07, 6.45) is 0.643. The van der Waals surface area contributed by atoms with E-state index in [-0.39, 0.29) is 5.75 Å². The Balaban J connectivity index is 2.04. The van der Waals surface area contributed by atoms with E-state index in [1.165, 1.54) is 0 Å². The topological polar surface area (TPSA) is 49.9 Å². The van der Waals surface area contributed by atoms with Crippen LogP contribution >= 0.6 is 0 Å². The molecular weight excluding hydrogens is 312 g/mol. The third-order valence-corrected chi connectivity index (χ3v) is 6.09. The Labute approximate surface area is 140 Å². The molecule has 0 N–H and O–H groups in total. The van der Waals surface area contributed by atoms with Gasteiger partial charge in [-0.3, -0.25) is 4.90 Å². The summed E-state index contributed by atoms with van der Waals surface area (Å²) in [6, 6.07) is 8.07. The third kappa shape index (κ3) is 5.88. The minimum Gasteiger partial charge on any atom is -0.379 e. The number of morpholine rings is 1. The molecule has 1 aromatic rings. The van der Waals surface area contributed by atoms with Crippen LogP contribution in [0, 0.1) is 6.92 Å². The quantitative estimate of drug-likeness (QED) is 0.725. The van der Waals surface area contributed by atoms with E-state index in [9.17, 15) is 8.42 Å². The smallest absolute Gasteiger partial charge is 0.214 e. The molecule has 0 aliphatic carbocycles. The van der Waals surface area contributed by atoms with Gasteiger partial charge in [-0.05, 0) is 18.9 Å². The van der Waals surface area contributed by atoms with Crippen molar-refractivity contribution in [2.75, 3.05) is 45.1 Å². The molecule has 1 aromatic carbocycles. The number of aryl methyl sites for hydroxylation is 1. The van der Waals surface area contributed by atoms with Gasteiger partial charge >= 0.3 is 0 Å². The molecule has 5 nitrogen and oxygen atoms in total. The van der Waals surface area contributed by atoms with Crippen molar-refractivity contribution in [2.24, 2.45) is 0 Å². The highest BCUT2D eigenvalue weighted by molar-refractivity contribution is 7.89. The number of hydrogen-bond acceptors (Lipinski definition) is 4. The zero-order chi connectivity index (χ0) is 16.7. The Bertz CT molecular complexity index is 583. The maximum absolute atomic E-state index is 12.6. The summed E-state index contributed by atoms with van der Waals surface area (Å²) in [6.45, 7) is 8.92. The Kier molecular flexibility index (Phi) is 7.02. The highest BCUT2D eigenvalue weighted by Crippen LogP contribution is 2.13. The first-order valence-electron chi connectivity index (χ1n) is 8.35. The molecular formula is C17H28N2O3S. The lowest BCUT2D eigenvalue weighted by Crippen LogP contribution is -2.43. The third-order valence-electron chi connectivity index (χ3n) is 4.07. The number of hydrogen-bond donors (Lipinski definition) is 0. The molecule has 1 aliphatic rings. The predicted octanol–water partition coefficient (Wildman–Crippen LogP) is 1.87. The molecule has 23 heavy (non-hydrogen) atoms. The fourth-order valence-electron chi connectivity index (χ4n) is 2.80. The molecule has 130 valence electrons. The van der Waals surface area contributed by atoms with Crippen LogP contribution in [0.5, 0.6) is 0 Å². The average molecular weight is 340 g/mol. The van der Waals surface area contributed by atoms with Crippen molar-refractivity contribution in [2.45, 2.75) is 26.8 Å². The van der Waals surface area contributed by atoms with Gasteiger partial charge in [-0.1, -0.05) is 36.8 Å². The summed E-state index contributed by atoms with van der Waals surface area (Å²) in [4.78, 5) is 2.27. The second kappa shape index (κ2) is 8.78. The van der Waals surface area contributed by atoms with Gasteiger partial charge in [0.05, 0.1) is 19.0 Å². The van der Waals surface area contributed by atoms with Crippen molar-refractivity contribution in [1.82, 2.24) is 9.21 Å². The molecule has 0 radical (unpaired) electrons. The SMILES string of the molecule is CCCS(=O)(=O)N(CCN1CCOCC1)Cc1cccc(C)c1. The van der Waals surface area contributed by atoms with Gasteiger partial charge in [0, 0.05) is 32.7 Å². The van der Waals surface area contributed by atoms with E-state index >= 15 is 0 Å². The molecule has 0 amide bonds. The maximum atomic E-state index is 12.6. The van der Waals surface area contributed by atoms with Gasteiger partial charge in [-0.25, -0.2) is 8.42 Å². The van der Waals surface area contributed by atoms with Crippen molar-refractivity contribution in [3.8, 4) is 0 Å². The molecule has 1 fully saturated rings. The normalized spacial score (nSPS) is 16.8. The number of nitrogens with zero attached hydrogens (tertiary/aromatic N) is 2. The Morgan fingerprint density at radius 2 is 2.00 bits per heavy atom. The summed E-state index contributed by atoms with van der Waals surface area (Å²) in [5, 5.41) is 0. The lowest BCUT2D eigenvalue weighted by molar-refractivity contribution is 0.0361. The van der Waals surface area contributed by atoms with Crippen LogP contribution in [0.1, 0.15) is 24.5 Å². The van der Waals surface area contributed by atoms with Crippen molar-refractivity contribution in [3.63, 3.8) is 0 Å². The first-order valence-corrected chi connectivity index (χ1v) is 9.95. The van der Waals surface area contributed by atoms with Crippen LogP contribution in [-0.4, -0.2) is 62.8 Å². The van der Waals surface area contributed by atoms with Gasteiger partial charge in [-0.15, -0.1) is 0 Å². The van der Waals surface area contributed by atoms with Crippen LogP contribution in [0.15, 0.2) is 24.3 Å². The molecule has 6 heteroatoms. The molecule has 1 heterocycles. The zero-order valence-electron chi connectivity index (χ0n) is 14.2. The summed E-state index contributed by atoms with van der Waals surface area (Å²) in [5.74, 6) is 0.210. The molecule has 0 saturated carbocycles. The highest BCUT2D eigenvalue weighted by atomic mass is 32.2. The van der Waals surface area contributed by atoms with Crippen LogP contribution in [0.4, 0.5) is 0 Å². The van der Waals surface area contributed by atoms with Gasteiger partial charge in [0.15, 0.2) is 0 Å². The van der Waals surface area contributed by atoms with Gasteiger partial charge in [0.25, 0.3) is 0 Å². The largest absolute Gasteiger partial charge is 0.379 e. The maximum Gasteiger partial charge on any atom is 0.214 e. The lowest BCUT2D eigenvalue weighted by atomic mass is 10.1. The summed E-state index contributed by atoms with van der Waals surface area (Å²) in [5.41, 5.74) is 2.20. The summed E-state index contributed by atoms with van der Waals surface area (Å²) < 4.78 is 32.1.